The molecular weight excluding hydrogens is 246 g/mol. The highest BCUT2D eigenvalue weighted by Crippen LogP contribution is 2.23. The third-order valence-electron chi connectivity index (χ3n) is 3.05. The van der Waals surface area contributed by atoms with E-state index in [9.17, 15) is 15.0 Å². The predicted octanol–water partition coefficient (Wildman–Crippen LogP) is 1.56. The van der Waals surface area contributed by atoms with Gasteiger partial charge in [-0.3, -0.25) is 4.79 Å². The molecule has 2 atom stereocenters. The SMILES string of the molecule is COC(=O)C(N)CC(C)CCc1cc(O)cc(O)c1. The van der Waals surface area contributed by atoms with Crippen LogP contribution in [-0.2, 0) is 16.0 Å². The zero-order valence-corrected chi connectivity index (χ0v) is 11.3. The number of phenols is 2. The third-order valence-corrected chi connectivity index (χ3v) is 3.05. The molecule has 4 N–H and O–H groups in total. The van der Waals surface area contributed by atoms with E-state index in [4.69, 9.17) is 5.73 Å². The first-order chi connectivity index (χ1) is 8.92. The molecule has 0 fully saturated rings. The molecule has 0 bridgehead atoms. The lowest BCUT2D eigenvalue weighted by atomic mass is 9.95. The van der Waals surface area contributed by atoms with Crippen LogP contribution in [0.15, 0.2) is 18.2 Å². The molecule has 1 aromatic carbocycles. The molecule has 0 heterocycles. The molecular formula is C14H21NO4. The normalized spacial score (nSPS) is 13.8. The molecule has 0 saturated heterocycles. The molecule has 106 valence electrons. The summed E-state index contributed by atoms with van der Waals surface area (Å²) in [4.78, 5) is 11.2. The number of carbonyl (C=O) groups is 1. The number of benzene rings is 1. The molecule has 0 aliphatic rings. The number of hydrogen-bond donors (Lipinski definition) is 3. The van der Waals surface area contributed by atoms with E-state index in [1.165, 1.54) is 13.2 Å². The van der Waals surface area contributed by atoms with Crippen molar-refractivity contribution >= 4 is 5.97 Å². The predicted molar refractivity (Wildman–Crippen MR) is 71.9 cm³/mol. The van der Waals surface area contributed by atoms with E-state index >= 15 is 0 Å². The zero-order chi connectivity index (χ0) is 14.4. The van der Waals surface area contributed by atoms with Crippen LogP contribution in [0, 0.1) is 5.92 Å². The molecule has 0 aliphatic heterocycles. The summed E-state index contributed by atoms with van der Waals surface area (Å²) in [7, 11) is 1.32. The highest BCUT2D eigenvalue weighted by Gasteiger charge is 2.17. The van der Waals surface area contributed by atoms with Gasteiger partial charge in [0.05, 0.1) is 7.11 Å². The second kappa shape index (κ2) is 6.99. The molecule has 1 rings (SSSR count). The third kappa shape index (κ3) is 5.18. The molecule has 0 radical (unpaired) electrons. The topological polar surface area (TPSA) is 92.8 Å². The molecule has 0 spiro atoms. The summed E-state index contributed by atoms with van der Waals surface area (Å²) < 4.78 is 4.58. The van der Waals surface area contributed by atoms with Crippen LogP contribution < -0.4 is 5.73 Å². The van der Waals surface area contributed by atoms with E-state index < -0.39 is 12.0 Å². The Balaban J connectivity index is 2.45. The minimum atomic E-state index is -0.599. The van der Waals surface area contributed by atoms with Crippen LogP contribution in [0.3, 0.4) is 0 Å². The fourth-order valence-corrected chi connectivity index (χ4v) is 2.01. The number of rotatable bonds is 6. The van der Waals surface area contributed by atoms with Gasteiger partial charge in [0, 0.05) is 6.07 Å². The Labute approximate surface area is 113 Å². The summed E-state index contributed by atoms with van der Waals surface area (Å²) in [5, 5.41) is 18.7. The van der Waals surface area contributed by atoms with Crippen molar-refractivity contribution in [2.45, 2.75) is 32.2 Å². The van der Waals surface area contributed by atoms with Gasteiger partial charge in [-0.2, -0.15) is 0 Å². The fourth-order valence-electron chi connectivity index (χ4n) is 2.01. The van der Waals surface area contributed by atoms with Crippen molar-refractivity contribution in [1.82, 2.24) is 0 Å². The standard InChI is InChI=1S/C14H21NO4/c1-9(5-13(15)14(18)19-2)3-4-10-6-11(16)8-12(17)7-10/h6-9,13,16-17H,3-5,15H2,1-2H3. The number of hydrogen-bond acceptors (Lipinski definition) is 5. The van der Waals surface area contributed by atoms with Crippen LogP contribution in [0.1, 0.15) is 25.3 Å². The van der Waals surface area contributed by atoms with E-state index in [2.05, 4.69) is 4.74 Å². The molecule has 5 nitrogen and oxygen atoms in total. The Morgan fingerprint density at radius 2 is 1.89 bits per heavy atom. The molecule has 0 aromatic heterocycles. The van der Waals surface area contributed by atoms with E-state index in [0.717, 1.165) is 12.0 Å². The molecule has 0 amide bonds. The maximum atomic E-state index is 11.2. The lowest BCUT2D eigenvalue weighted by Crippen LogP contribution is -2.33. The van der Waals surface area contributed by atoms with Crippen molar-refractivity contribution in [3.63, 3.8) is 0 Å². The van der Waals surface area contributed by atoms with Crippen molar-refractivity contribution in [3.8, 4) is 11.5 Å². The summed E-state index contributed by atoms with van der Waals surface area (Å²) in [6, 6.07) is 3.93. The van der Waals surface area contributed by atoms with Gasteiger partial charge >= 0.3 is 5.97 Å². The van der Waals surface area contributed by atoms with Gasteiger partial charge in [0.1, 0.15) is 17.5 Å². The van der Waals surface area contributed by atoms with Crippen molar-refractivity contribution < 1.29 is 19.7 Å². The summed E-state index contributed by atoms with van der Waals surface area (Å²) in [6.07, 6.45) is 2.07. The molecule has 1 aromatic rings. The van der Waals surface area contributed by atoms with Crippen LogP contribution in [-0.4, -0.2) is 29.3 Å². The second-order valence-corrected chi connectivity index (χ2v) is 4.87. The van der Waals surface area contributed by atoms with Crippen molar-refractivity contribution in [2.75, 3.05) is 7.11 Å². The number of ether oxygens (including phenoxy) is 1. The van der Waals surface area contributed by atoms with Crippen LogP contribution in [0.25, 0.3) is 0 Å². The summed E-state index contributed by atoms with van der Waals surface area (Å²) in [5.41, 5.74) is 6.55. The first kappa shape index (κ1) is 15.3. The van der Waals surface area contributed by atoms with Gasteiger partial charge in [-0.1, -0.05) is 6.92 Å². The van der Waals surface area contributed by atoms with Crippen molar-refractivity contribution in [3.05, 3.63) is 23.8 Å². The lowest BCUT2D eigenvalue weighted by Gasteiger charge is -2.15. The van der Waals surface area contributed by atoms with Gasteiger partial charge in [0.25, 0.3) is 0 Å². The quantitative estimate of drug-likeness (QED) is 0.680. The van der Waals surface area contributed by atoms with Gasteiger partial charge in [0.15, 0.2) is 0 Å². The largest absolute Gasteiger partial charge is 0.508 e. The van der Waals surface area contributed by atoms with Crippen LogP contribution >= 0.6 is 0 Å². The summed E-state index contributed by atoms with van der Waals surface area (Å²) >= 11 is 0. The maximum absolute atomic E-state index is 11.2. The fraction of sp³-hybridized carbons (Fsp3) is 0.500. The van der Waals surface area contributed by atoms with Gasteiger partial charge in [0.2, 0.25) is 0 Å². The number of phenolic OH excluding ortho intramolecular Hbond substituents is 2. The van der Waals surface area contributed by atoms with Crippen LogP contribution in [0.4, 0.5) is 0 Å². The molecule has 0 saturated carbocycles. The molecule has 5 heteroatoms. The maximum Gasteiger partial charge on any atom is 0.322 e. The van der Waals surface area contributed by atoms with E-state index in [1.54, 1.807) is 12.1 Å². The average molecular weight is 267 g/mol. The minimum Gasteiger partial charge on any atom is -0.508 e. The summed E-state index contributed by atoms with van der Waals surface area (Å²) in [5.74, 6) is -0.0525. The van der Waals surface area contributed by atoms with Gasteiger partial charge in [-0.05, 0) is 42.9 Å². The van der Waals surface area contributed by atoms with E-state index in [1.807, 2.05) is 6.92 Å². The van der Waals surface area contributed by atoms with Crippen molar-refractivity contribution in [2.24, 2.45) is 11.7 Å². The Hall–Kier alpha value is -1.75. The number of esters is 1. The number of aromatic hydroxyl groups is 2. The zero-order valence-electron chi connectivity index (χ0n) is 11.3. The second-order valence-electron chi connectivity index (χ2n) is 4.87. The number of methoxy groups -OCH3 is 1. The Morgan fingerprint density at radius 3 is 2.42 bits per heavy atom. The van der Waals surface area contributed by atoms with Gasteiger partial charge < -0.3 is 20.7 Å². The number of carbonyl (C=O) groups excluding carboxylic acids is 1. The first-order valence-corrected chi connectivity index (χ1v) is 6.27. The monoisotopic (exact) mass is 267 g/mol. The average Bonchev–Trinajstić information content (AvgIpc) is 2.34. The smallest absolute Gasteiger partial charge is 0.322 e. The van der Waals surface area contributed by atoms with Crippen LogP contribution in [0.5, 0.6) is 11.5 Å². The highest BCUT2D eigenvalue weighted by molar-refractivity contribution is 5.75. The molecule has 2 unspecified atom stereocenters. The number of aryl methyl sites for hydroxylation is 1. The molecule has 0 aliphatic carbocycles. The van der Waals surface area contributed by atoms with Crippen LogP contribution in [0.2, 0.25) is 0 Å². The molecule has 19 heavy (non-hydrogen) atoms. The number of nitrogens with two attached hydrogens (primary N) is 1. The van der Waals surface area contributed by atoms with E-state index in [0.29, 0.717) is 12.8 Å². The minimum absolute atomic E-state index is 0.0499. The Bertz CT molecular complexity index is 413. The lowest BCUT2D eigenvalue weighted by molar-refractivity contribution is -0.142. The Morgan fingerprint density at radius 1 is 1.32 bits per heavy atom. The van der Waals surface area contributed by atoms with Gasteiger partial charge in [-0.25, -0.2) is 0 Å². The Kier molecular flexibility index (Phi) is 5.63. The van der Waals surface area contributed by atoms with Crippen molar-refractivity contribution in [1.29, 1.82) is 0 Å². The van der Waals surface area contributed by atoms with Gasteiger partial charge in [-0.15, -0.1) is 0 Å². The first-order valence-electron chi connectivity index (χ1n) is 6.27. The van der Waals surface area contributed by atoms with E-state index in [-0.39, 0.29) is 17.4 Å². The highest BCUT2D eigenvalue weighted by atomic mass is 16.5. The summed E-state index contributed by atoms with van der Waals surface area (Å²) in [6.45, 7) is 2.01.